The summed E-state index contributed by atoms with van der Waals surface area (Å²) >= 11 is 0. The molecule has 1 aliphatic rings. The number of carbonyl (C=O) groups is 1. The van der Waals surface area contributed by atoms with Crippen molar-refractivity contribution in [3.8, 4) is 5.75 Å². The first-order valence-electron chi connectivity index (χ1n) is 7.58. The molecule has 1 aliphatic heterocycles. The monoisotopic (exact) mass is 317 g/mol. The van der Waals surface area contributed by atoms with Crippen molar-refractivity contribution < 1.29 is 19.2 Å². The van der Waals surface area contributed by atoms with Crippen LogP contribution in [0.3, 0.4) is 0 Å². The Morgan fingerprint density at radius 1 is 1.52 bits per heavy atom. The maximum absolute atomic E-state index is 12.7. The molecule has 0 saturated carbocycles. The Balaban J connectivity index is 1.88. The Bertz CT molecular complexity index is 700. The third kappa shape index (κ3) is 3.05. The van der Waals surface area contributed by atoms with E-state index in [2.05, 4.69) is 10.1 Å². The number of aromatic nitrogens is 2. The quantitative estimate of drug-likeness (QED) is 0.921. The van der Waals surface area contributed by atoms with Crippen LogP contribution in [-0.2, 0) is 6.42 Å². The van der Waals surface area contributed by atoms with E-state index in [4.69, 9.17) is 9.26 Å². The molecule has 1 fully saturated rings. The van der Waals surface area contributed by atoms with E-state index in [0.717, 1.165) is 5.56 Å². The minimum absolute atomic E-state index is 0.0313. The maximum atomic E-state index is 12.7. The van der Waals surface area contributed by atoms with Gasteiger partial charge in [-0.15, -0.1) is 0 Å². The van der Waals surface area contributed by atoms with Gasteiger partial charge in [-0.2, -0.15) is 4.98 Å². The van der Waals surface area contributed by atoms with E-state index in [-0.39, 0.29) is 24.3 Å². The molecule has 7 nitrogen and oxygen atoms in total. The van der Waals surface area contributed by atoms with Crippen LogP contribution in [0.1, 0.15) is 41.5 Å². The molecule has 0 spiro atoms. The van der Waals surface area contributed by atoms with Crippen molar-refractivity contribution in [1.82, 2.24) is 15.0 Å². The number of likely N-dealkylation sites (tertiary alicyclic amines) is 1. The first-order valence-corrected chi connectivity index (χ1v) is 7.58. The van der Waals surface area contributed by atoms with Crippen molar-refractivity contribution in [3.05, 3.63) is 41.5 Å². The third-order valence-electron chi connectivity index (χ3n) is 3.98. The van der Waals surface area contributed by atoms with Crippen molar-refractivity contribution >= 4 is 5.91 Å². The van der Waals surface area contributed by atoms with Crippen molar-refractivity contribution in [2.45, 2.75) is 31.9 Å². The normalized spacial score (nSPS) is 20.7. The summed E-state index contributed by atoms with van der Waals surface area (Å²) in [7, 11) is 1.59. The highest BCUT2D eigenvalue weighted by Gasteiger charge is 2.37. The summed E-state index contributed by atoms with van der Waals surface area (Å²) in [6.45, 7) is 2.12. The minimum Gasteiger partial charge on any atom is -0.497 e. The first kappa shape index (κ1) is 15.5. The second-order valence-corrected chi connectivity index (χ2v) is 5.50. The van der Waals surface area contributed by atoms with Crippen molar-refractivity contribution in [3.63, 3.8) is 0 Å². The van der Waals surface area contributed by atoms with Gasteiger partial charge >= 0.3 is 0 Å². The number of nitrogens with zero attached hydrogens (tertiary/aromatic N) is 3. The van der Waals surface area contributed by atoms with E-state index < -0.39 is 6.10 Å². The zero-order valence-corrected chi connectivity index (χ0v) is 13.1. The fourth-order valence-corrected chi connectivity index (χ4v) is 2.82. The molecule has 122 valence electrons. The summed E-state index contributed by atoms with van der Waals surface area (Å²) in [6, 6.07) is 7.26. The van der Waals surface area contributed by atoms with E-state index >= 15 is 0 Å². The number of aliphatic hydroxyl groups is 1. The maximum Gasteiger partial charge on any atom is 0.295 e. The van der Waals surface area contributed by atoms with Gasteiger partial charge in [-0.25, -0.2) is 0 Å². The van der Waals surface area contributed by atoms with Gasteiger partial charge in [0, 0.05) is 13.0 Å². The van der Waals surface area contributed by atoms with Crippen LogP contribution in [0, 0.1) is 0 Å². The molecule has 7 heteroatoms. The van der Waals surface area contributed by atoms with Gasteiger partial charge in [0.05, 0.1) is 19.3 Å². The highest BCUT2D eigenvalue weighted by atomic mass is 16.5. The van der Waals surface area contributed by atoms with Crippen LogP contribution < -0.4 is 4.74 Å². The Hall–Kier alpha value is -2.41. The van der Waals surface area contributed by atoms with Crippen molar-refractivity contribution in [2.24, 2.45) is 0 Å². The molecular formula is C16H19N3O4. The fraction of sp³-hybridized carbons (Fsp3) is 0.438. The number of carbonyl (C=O) groups excluding carboxylic acids is 1. The molecule has 0 bridgehead atoms. The molecule has 1 amide bonds. The Labute approximate surface area is 133 Å². The molecule has 2 atom stereocenters. The number of rotatable bonds is 4. The summed E-state index contributed by atoms with van der Waals surface area (Å²) in [5.41, 5.74) is 0.911. The Morgan fingerprint density at radius 3 is 3.04 bits per heavy atom. The summed E-state index contributed by atoms with van der Waals surface area (Å²) in [5.74, 6) is 0.830. The molecule has 23 heavy (non-hydrogen) atoms. The average molecular weight is 317 g/mol. The van der Waals surface area contributed by atoms with Crippen molar-refractivity contribution in [1.29, 1.82) is 0 Å². The van der Waals surface area contributed by atoms with Crippen LogP contribution in [0.4, 0.5) is 0 Å². The van der Waals surface area contributed by atoms with Gasteiger partial charge in [0.25, 0.3) is 11.7 Å². The summed E-state index contributed by atoms with van der Waals surface area (Å²) in [4.78, 5) is 18.3. The van der Waals surface area contributed by atoms with E-state index in [0.29, 0.717) is 24.5 Å². The number of hydrogen-bond acceptors (Lipinski definition) is 6. The van der Waals surface area contributed by atoms with Gasteiger partial charge in [0.1, 0.15) is 5.75 Å². The first-order chi connectivity index (χ1) is 11.1. The molecule has 3 rings (SSSR count). The lowest BCUT2D eigenvalue weighted by molar-refractivity contribution is 0.0700. The number of methoxy groups -OCH3 is 1. The number of amides is 1. The van der Waals surface area contributed by atoms with Crippen molar-refractivity contribution in [2.75, 3.05) is 13.7 Å². The number of aryl methyl sites for hydroxylation is 1. The average Bonchev–Trinajstić information content (AvgIpc) is 3.20. The molecule has 1 aromatic heterocycles. The van der Waals surface area contributed by atoms with E-state index in [1.807, 2.05) is 31.2 Å². The second kappa shape index (κ2) is 6.37. The smallest absolute Gasteiger partial charge is 0.295 e. The van der Waals surface area contributed by atoms with Crippen LogP contribution in [-0.4, -0.2) is 45.8 Å². The van der Waals surface area contributed by atoms with Crippen LogP contribution in [0.5, 0.6) is 5.75 Å². The topological polar surface area (TPSA) is 88.7 Å². The lowest BCUT2D eigenvalue weighted by atomic mass is 10.0. The molecule has 2 heterocycles. The SMILES string of the molecule is CCc1nc(C(=O)N2CC(O)CC2c2cccc(OC)c2)no1. The number of β-amino-alcohol motifs (C(OH)–C–C–N with tert-alkyl or cyclic N) is 1. The molecule has 0 radical (unpaired) electrons. The predicted molar refractivity (Wildman–Crippen MR) is 81.1 cm³/mol. The van der Waals surface area contributed by atoms with E-state index in [1.54, 1.807) is 12.0 Å². The molecule has 2 unspecified atom stereocenters. The molecule has 1 N–H and O–H groups in total. The summed E-state index contributed by atoms with van der Waals surface area (Å²) < 4.78 is 10.2. The van der Waals surface area contributed by atoms with Gasteiger partial charge < -0.3 is 19.3 Å². The van der Waals surface area contributed by atoms with Gasteiger partial charge in [0.15, 0.2) is 0 Å². The fourth-order valence-electron chi connectivity index (χ4n) is 2.82. The van der Waals surface area contributed by atoms with Crippen LogP contribution in [0.2, 0.25) is 0 Å². The molecule has 1 saturated heterocycles. The Morgan fingerprint density at radius 2 is 2.35 bits per heavy atom. The van der Waals surface area contributed by atoms with Gasteiger partial charge in [0.2, 0.25) is 5.89 Å². The van der Waals surface area contributed by atoms with E-state index in [9.17, 15) is 9.90 Å². The second-order valence-electron chi connectivity index (χ2n) is 5.50. The summed E-state index contributed by atoms with van der Waals surface area (Å²) in [6.07, 6.45) is 0.465. The zero-order chi connectivity index (χ0) is 16.4. The number of aliphatic hydroxyl groups excluding tert-OH is 1. The van der Waals surface area contributed by atoms with E-state index in [1.165, 1.54) is 0 Å². The zero-order valence-electron chi connectivity index (χ0n) is 13.1. The predicted octanol–water partition coefficient (Wildman–Crippen LogP) is 1.59. The minimum atomic E-state index is -0.576. The molecule has 2 aromatic rings. The molecule has 1 aromatic carbocycles. The van der Waals surface area contributed by atoms with Crippen LogP contribution in [0.15, 0.2) is 28.8 Å². The number of benzene rings is 1. The Kier molecular flexibility index (Phi) is 4.29. The lowest BCUT2D eigenvalue weighted by Crippen LogP contribution is -2.32. The summed E-state index contributed by atoms with van der Waals surface area (Å²) in [5, 5.41) is 13.8. The highest BCUT2D eigenvalue weighted by molar-refractivity contribution is 5.91. The van der Waals surface area contributed by atoms with Gasteiger partial charge in [-0.3, -0.25) is 4.79 Å². The molecule has 0 aliphatic carbocycles. The third-order valence-corrected chi connectivity index (χ3v) is 3.98. The van der Waals surface area contributed by atoms with Crippen LogP contribution in [0.25, 0.3) is 0 Å². The van der Waals surface area contributed by atoms with Gasteiger partial charge in [-0.1, -0.05) is 24.2 Å². The number of ether oxygens (including phenoxy) is 1. The highest BCUT2D eigenvalue weighted by Crippen LogP contribution is 2.34. The number of hydrogen-bond donors (Lipinski definition) is 1. The largest absolute Gasteiger partial charge is 0.497 e. The lowest BCUT2D eigenvalue weighted by Gasteiger charge is -2.23. The van der Waals surface area contributed by atoms with Gasteiger partial charge in [-0.05, 0) is 24.1 Å². The standard InChI is InChI=1S/C16H19N3O4/c1-3-14-17-15(18-23-14)16(21)19-9-11(20)8-13(19)10-5-4-6-12(7-10)22-2/h4-7,11,13,20H,3,8-9H2,1-2H3. The molecular weight excluding hydrogens is 298 g/mol. The van der Waals surface area contributed by atoms with Crippen LogP contribution >= 0.6 is 0 Å².